The van der Waals surface area contributed by atoms with E-state index in [1.807, 2.05) is 0 Å². The zero-order valence-electron chi connectivity index (χ0n) is 9.40. The van der Waals surface area contributed by atoms with Crippen molar-refractivity contribution in [1.82, 2.24) is 0 Å². The van der Waals surface area contributed by atoms with Gasteiger partial charge in [-0.2, -0.15) is 0 Å². The lowest BCUT2D eigenvalue weighted by atomic mass is 9.57. The molecule has 0 aliphatic heterocycles. The second kappa shape index (κ2) is 3.29. The molecule has 0 aromatic heterocycles. The molecule has 2 rings (SSSR count). The van der Waals surface area contributed by atoms with Crippen molar-refractivity contribution >= 4 is 0 Å². The van der Waals surface area contributed by atoms with Gasteiger partial charge in [-0.1, -0.05) is 33.6 Å². The SMILES string of the molecule is C[C]1CCC2C(CCCC2(C)C)C1. The normalized spacial score (nSPS) is 39.9. The molecule has 0 aromatic rings. The van der Waals surface area contributed by atoms with Crippen LogP contribution >= 0.6 is 0 Å². The van der Waals surface area contributed by atoms with E-state index >= 15 is 0 Å². The smallest absolute Gasteiger partial charge is 0.0269 e. The van der Waals surface area contributed by atoms with Crippen LogP contribution in [-0.2, 0) is 0 Å². The van der Waals surface area contributed by atoms with E-state index in [0.29, 0.717) is 5.41 Å². The van der Waals surface area contributed by atoms with Crippen molar-refractivity contribution in [2.45, 2.75) is 59.3 Å². The summed E-state index contributed by atoms with van der Waals surface area (Å²) in [7, 11) is 0. The molecule has 0 heteroatoms. The first kappa shape index (κ1) is 9.55. The Morgan fingerprint density at radius 1 is 1.23 bits per heavy atom. The highest BCUT2D eigenvalue weighted by Crippen LogP contribution is 2.51. The molecule has 1 radical (unpaired) electrons. The minimum absolute atomic E-state index is 0.642. The van der Waals surface area contributed by atoms with Gasteiger partial charge in [0.25, 0.3) is 0 Å². The first-order chi connectivity index (χ1) is 6.09. The molecule has 13 heavy (non-hydrogen) atoms. The van der Waals surface area contributed by atoms with E-state index in [1.165, 1.54) is 38.5 Å². The third-order valence-corrected chi connectivity index (χ3v) is 4.46. The quantitative estimate of drug-likeness (QED) is 0.522. The Labute approximate surface area is 83.1 Å². The Morgan fingerprint density at radius 2 is 2.00 bits per heavy atom. The molecule has 2 aliphatic carbocycles. The molecule has 0 spiro atoms. The highest BCUT2D eigenvalue weighted by Gasteiger charge is 2.41. The molecule has 0 saturated heterocycles. The molecule has 0 heterocycles. The van der Waals surface area contributed by atoms with Crippen molar-refractivity contribution in [1.29, 1.82) is 0 Å². The summed E-state index contributed by atoms with van der Waals surface area (Å²) in [6.45, 7) is 7.34. The second-order valence-corrected chi connectivity index (χ2v) is 5.95. The van der Waals surface area contributed by atoms with E-state index in [1.54, 1.807) is 5.92 Å². The van der Waals surface area contributed by atoms with Crippen LogP contribution in [0.4, 0.5) is 0 Å². The highest BCUT2D eigenvalue weighted by molar-refractivity contribution is 5.00. The fraction of sp³-hybridized carbons (Fsp3) is 0.923. The maximum atomic E-state index is 2.49. The predicted octanol–water partition coefficient (Wildman–Crippen LogP) is 4.21. The Kier molecular flexibility index (Phi) is 2.42. The van der Waals surface area contributed by atoms with Crippen LogP contribution < -0.4 is 0 Å². The summed E-state index contributed by atoms with van der Waals surface area (Å²) in [5, 5.41) is 0. The van der Waals surface area contributed by atoms with Crippen LogP contribution in [0.1, 0.15) is 59.3 Å². The average Bonchev–Trinajstić information content (AvgIpc) is 2.02. The van der Waals surface area contributed by atoms with Crippen LogP contribution in [0.5, 0.6) is 0 Å². The van der Waals surface area contributed by atoms with Gasteiger partial charge in [-0.05, 0) is 48.9 Å². The maximum Gasteiger partial charge on any atom is -0.0269 e. The molecule has 2 aliphatic rings. The third-order valence-electron chi connectivity index (χ3n) is 4.46. The number of hydrogen-bond acceptors (Lipinski definition) is 0. The zero-order chi connectivity index (χ0) is 9.47. The number of hydrogen-bond donors (Lipinski definition) is 0. The van der Waals surface area contributed by atoms with Crippen molar-refractivity contribution < 1.29 is 0 Å². The van der Waals surface area contributed by atoms with Gasteiger partial charge in [0.2, 0.25) is 0 Å². The van der Waals surface area contributed by atoms with E-state index in [-0.39, 0.29) is 0 Å². The van der Waals surface area contributed by atoms with Gasteiger partial charge in [0, 0.05) is 0 Å². The van der Waals surface area contributed by atoms with Gasteiger partial charge >= 0.3 is 0 Å². The van der Waals surface area contributed by atoms with Crippen LogP contribution in [0.25, 0.3) is 0 Å². The first-order valence-electron chi connectivity index (χ1n) is 5.91. The lowest BCUT2D eigenvalue weighted by molar-refractivity contribution is 0.0473. The minimum atomic E-state index is 0.642. The van der Waals surface area contributed by atoms with Crippen molar-refractivity contribution in [2.24, 2.45) is 17.3 Å². The van der Waals surface area contributed by atoms with Gasteiger partial charge in [-0.25, -0.2) is 0 Å². The van der Waals surface area contributed by atoms with E-state index in [9.17, 15) is 0 Å². The molecule has 2 atom stereocenters. The molecule has 0 N–H and O–H groups in total. The van der Waals surface area contributed by atoms with Gasteiger partial charge in [0.15, 0.2) is 0 Å². The van der Waals surface area contributed by atoms with Crippen LogP contribution in [0.3, 0.4) is 0 Å². The van der Waals surface area contributed by atoms with Crippen LogP contribution in [0, 0.1) is 23.2 Å². The Morgan fingerprint density at radius 3 is 2.77 bits per heavy atom. The Bertz CT molecular complexity index is 180. The van der Waals surface area contributed by atoms with Crippen molar-refractivity contribution in [3.8, 4) is 0 Å². The van der Waals surface area contributed by atoms with Crippen molar-refractivity contribution in [3.05, 3.63) is 5.92 Å². The summed E-state index contributed by atoms with van der Waals surface area (Å²) >= 11 is 0. The lowest BCUT2D eigenvalue weighted by Crippen LogP contribution is -2.38. The number of rotatable bonds is 0. The highest BCUT2D eigenvalue weighted by atomic mass is 14.5. The van der Waals surface area contributed by atoms with Gasteiger partial charge in [-0.15, -0.1) is 0 Å². The zero-order valence-corrected chi connectivity index (χ0v) is 9.40. The molecular weight excluding hydrogens is 156 g/mol. The lowest BCUT2D eigenvalue weighted by Gasteiger charge is -2.48. The fourth-order valence-corrected chi connectivity index (χ4v) is 3.67. The molecule has 2 fully saturated rings. The largest absolute Gasteiger partial charge is 0.0596 e. The number of fused-ring (bicyclic) bond motifs is 1. The van der Waals surface area contributed by atoms with Gasteiger partial charge in [-0.3, -0.25) is 0 Å². The standard InChI is InChI=1S/C13H23/c1-10-6-7-12-11(9-10)5-4-8-13(12,2)3/h11-12H,4-9H2,1-3H3. The third kappa shape index (κ3) is 1.78. The minimum Gasteiger partial charge on any atom is -0.0596 e. The maximum absolute atomic E-state index is 2.49. The monoisotopic (exact) mass is 179 g/mol. The Hall–Kier alpha value is 0. The Balaban J connectivity index is 2.08. The molecule has 0 nitrogen and oxygen atoms in total. The van der Waals surface area contributed by atoms with Crippen LogP contribution in [0.2, 0.25) is 0 Å². The topological polar surface area (TPSA) is 0 Å². The first-order valence-corrected chi connectivity index (χ1v) is 5.91. The molecule has 75 valence electrons. The summed E-state index contributed by atoms with van der Waals surface area (Å²) in [4.78, 5) is 0. The van der Waals surface area contributed by atoms with E-state index < -0.39 is 0 Å². The van der Waals surface area contributed by atoms with Crippen LogP contribution in [-0.4, -0.2) is 0 Å². The summed E-state index contributed by atoms with van der Waals surface area (Å²) in [6.07, 6.45) is 8.77. The van der Waals surface area contributed by atoms with Gasteiger partial charge in [0.05, 0.1) is 0 Å². The van der Waals surface area contributed by atoms with Crippen LogP contribution in [0.15, 0.2) is 0 Å². The van der Waals surface area contributed by atoms with Crippen molar-refractivity contribution in [3.63, 3.8) is 0 Å². The summed E-state index contributed by atoms with van der Waals surface area (Å²) in [5.74, 6) is 3.83. The van der Waals surface area contributed by atoms with E-state index in [4.69, 9.17) is 0 Å². The molecule has 0 aromatic carbocycles. The fourth-order valence-electron chi connectivity index (χ4n) is 3.67. The molecule has 0 amide bonds. The second-order valence-electron chi connectivity index (χ2n) is 5.95. The van der Waals surface area contributed by atoms with Gasteiger partial charge in [0.1, 0.15) is 0 Å². The molecular formula is C13H23. The van der Waals surface area contributed by atoms with E-state index in [2.05, 4.69) is 20.8 Å². The summed E-state index contributed by atoms with van der Waals surface area (Å²) in [5.41, 5.74) is 0.642. The molecule has 2 saturated carbocycles. The van der Waals surface area contributed by atoms with Gasteiger partial charge < -0.3 is 0 Å². The summed E-state index contributed by atoms with van der Waals surface area (Å²) < 4.78 is 0. The summed E-state index contributed by atoms with van der Waals surface area (Å²) in [6, 6.07) is 0. The predicted molar refractivity (Wildman–Crippen MR) is 57.4 cm³/mol. The average molecular weight is 179 g/mol. The molecule has 2 unspecified atom stereocenters. The molecule has 0 bridgehead atoms. The van der Waals surface area contributed by atoms with E-state index in [0.717, 1.165) is 11.8 Å². The van der Waals surface area contributed by atoms with Crippen molar-refractivity contribution in [2.75, 3.05) is 0 Å².